The molecule has 3 aromatic rings. The molecule has 2 aromatic carbocycles. The van der Waals surface area contributed by atoms with Gasteiger partial charge >= 0.3 is 0 Å². The number of ether oxygens (including phenoxy) is 2. The third-order valence-corrected chi connectivity index (χ3v) is 4.01. The van der Waals surface area contributed by atoms with Crippen molar-refractivity contribution in [2.24, 2.45) is 0 Å². The lowest BCUT2D eigenvalue weighted by Gasteiger charge is -2.13. The zero-order chi connectivity index (χ0) is 16.8. The molecule has 0 saturated carbocycles. The molecule has 0 saturated heterocycles. The lowest BCUT2D eigenvalue weighted by atomic mass is 10.2. The summed E-state index contributed by atoms with van der Waals surface area (Å²) in [5.74, 6) is 2.60. The van der Waals surface area contributed by atoms with E-state index >= 15 is 0 Å². The van der Waals surface area contributed by atoms with Gasteiger partial charge in [-0.1, -0.05) is 24.3 Å². The molecular formula is C19H23N3O2. The Balaban J connectivity index is 1.49. The molecule has 0 fully saturated rings. The van der Waals surface area contributed by atoms with E-state index in [1.165, 1.54) is 0 Å². The maximum absolute atomic E-state index is 5.45. The molecule has 126 valence electrons. The van der Waals surface area contributed by atoms with Gasteiger partial charge in [-0.25, -0.2) is 4.98 Å². The summed E-state index contributed by atoms with van der Waals surface area (Å²) in [6, 6.07) is 14.1. The van der Waals surface area contributed by atoms with Crippen LogP contribution in [0.4, 0.5) is 0 Å². The Morgan fingerprint density at radius 1 is 1.04 bits per heavy atom. The van der Waals surface area contributed by atoms with Gasteiger partial charge < -0.3 is 19.8 Å². The molecule has 0 atom stereocenters. The number of aromatic amines is 1. The quantitative estimate of drug-likeness (QED) is 0.624. The number of methoxy groups -OCH3 is 2. The van der Waals surface area contributed by atoms with E-state index in [2.05, 4.69) is 21.4 Å². The third-order valence-electron chi connectivity index (χ3n) is 4.01. The summed E-state index contributed by atoms with van der Waals surface area (Å²) in [6.45, 7) is 1.66. The van der Waals surface area contributed by atoms with Gasteiger partial charge in [0.2, 0.25) is 0 Å². The third kappa shape index (κ3) is 3.68. The molecule has 5 heteroatoms. The van der Waals surface area contributed by atoms with E-state index in [0.29, 0.717) is 0 Å². The molecule has 0 bridgehead atoms. The van der Waals surface area contributed by atoms with Crippen LogP contribution in [0.25, 0.3) is 11.0 Å². The predicted molar refractivity (Wildman–Crippen MR) is 95.7 cm³/mol. The molecule has 0 radical (unpaired) electrons. The Kier molecular flexibility index (Phi) is 5.33. The summed E-state index contributed by atoms with van der Waals surface area (Å²) >= 11 is 0. The summed E-state index contributed by atoms with van der Waals surface area (Å²) in [5.41, 5.74) is 3.23. The number of aryl methyl sites for hydroxylation is 1. The number of benzene rings is 2. The normalized spacial score (nSPS) is 10.9. The smallest absolute Gasteiger partial charge is 0.165 e. The van der Waals surface area contributed by atoms with Crippen LogP contribution in [0.3, 0.4) is 0 Å². The number of hydrogen-bond donors (Lipinski definition) is 2. The summed E-state index contributed by atoms with van der Waals surface area (Å²) in [5, 5.41) is 3.45. The van der Waals surface area contributed by atoms with Crippen LogP contribution in [-0.2, 0) is 13.0 Å². The van der Waals surface area contributed by atoms with Gasteiger partial charge in [0.25, 0.3) is 0 Å². The fourth-order valence-corrected chi connectivity index (χ4v) is 2.82. The zero-order valence-electron chi connectivity index (χ0n) is 14.1. The van der Waals surface area contributed by atoms with Gasteiger partial charge in [0.05, 0.1) is 25.3 Å². The van der Waals surface area contributed by atoms with E-state index in [9.17, 15) is 0 Å². The molecule has 1 heterocycles. The first-order chi connectivity index (χ1) is 11.8. The highest BCUT2D eigenvalue weighted by atomic mass is 16.5. The minimum Gasteiger partial charge on any atom is -0.493 e. The predicted octanol–water partition coefficient (Wildman–Crippen LogP) is 3.30. The van der Waals surface area contributed by atoms with E-state index in [4.69, 9.17) is 9.47 Å². The summed E-state index contributed by atoms with van der Waals surface area (Å²) < 4.78 is 10.8. The number of aromatic nitrogens is 2. The Bertz CT molecular complexity index is 765. The number of imidazole rings is 1. The molecule has 0 amide bonds. The number of hydrogen-bond acceptors (Lipinski definition) is 4. The lowest BCUT2D eigenvalue weighted by molar-refractivity contribution is 0.350. The molecule has 0 aliphatic carbocycles. The molecule has 1 aromatic heterocycles. The van der Waals surface area contributed by atoms with E-state index in [1.54, 1.807) is 14.2 Å². The number of nitrogens with zero attached hydrogens (tertiary/aromatic N) is 1. The van der Waals surface area contributed by atoms with Gasteiger partial charge in [0.1, 0.15) is 5.82 Å². The second kappa shape index (κ2) is 7.84. The number of nitrogens with one attached hydrogen (secondary N) is 2. The fourth-order valence-electron chi connectivity index (χ4n) is 2.82. The van der Waals surface area contributed by atoms with Crippen LogP contribution in [0.2, 0.25) is 0 Å². The average molecular weight is 325 g/mol. The van der Waals surface area contributed by atoms with Crippen LogP contribution >= 0.6 is 0 Å². The second-order valence-corrected chi connectivity index (χ2v) is 5.63. The van der Waals surface area contributed by atoms with Crippen molar-refractivity contribution in [2.45, 2.75) is 19.4 Å². The molecule has 2 N–H and O–H groups in total. The molecule has 3 rings (SSSR count). The van der Waals surface area contributed by atoms with Crippen molar-refractivity contribution < 1.29 is 9.47 Å². The van der Waals surface area contributed by atoms with Crippen LogP contribution < -0.4 is 14.8 Å². The Hall–Kier alpha value is -2.53. The number of fused-ring (bicyclic) bond motifs is 1. The van der Waals surface area contributed by atoms with Gasteiger partial charge in [-0.3, -0.25) is 0 Å². The standard InChI is InChI=1S/C19H23N3O2/c1-23-17-10-5-7-14(19(17)24-2)13-20-12-6-11-18-21-15-8-3-4-9-16(15)22-18/h3-5,7-10,20H,6,11-13H2,1-2H3,(H,21,22). The Morgan fingerprint density at radius 3 is 2.71 bits per heavy atom. The van der Waals surface area contributed by atoms with Gasteiger partial charge in [0, 0.05) is 18.5 Å². The van der Waals surface area contributed by atoms with E-state index in [0.717, 1.165) is 59.9 Å². The second-order valence-electron chi connectivity index (χ2n) is 5.63. The summed E-state index contributed by atoms with van der Waals surface area (Å²) in [4.78, 5) is 7.96. The van der Waals surface area contributed by atoms with Gasteiger partial charge in [-0.2, -0.15) is 0 Å². The molecule has 0 unspecified atom stereocenters. The monoisotopic (exact) mass is 325 g/mol. The largest absolute Gasteiger partial charge is 0.493 e. The van der Waals surface area contributed by atoms with E-state index in [-0.39, 0.29) is 0 Å². The van der Waals surface area contributed by atoms with E-state index < -0.39 is 0 Å². The van der Waals surface area contributed by atoms with Crippen LogP contribution in [-0.4, -0.2) is 30.7 Å². The maximum Gasteiger partial charge on any atom is 0.165 e. The minimum absolute atomic E-state index is 0.750. The summed E-state index contributed by atoms with van der Waals surface area (Å²) in [7, 11) is 3.32. The van der Waals surface area contributed by atoms with Crippen molar-refractivity contribution >= 4 is 11.0 Å². The van der Waals surface area contributed by atoms with Gasteiger partial charge in [-0.15, -0.1) is 0 Å². The van der Waals surface area contributed by atoms with Crippen LogP contribution in [0.5, 0.6) is 11.5 Å². The number of H-pyrrole nitrogens is 1. The van der Waals surface area contributed by atoms with Gasteiger partial charge in [0.15, 0.2) is 11.5 Å². The first-order valence-electron chi connectivity index (χ1n) is 8.16. The Morgan fingerprint density at radius 2 is 1.92 bits per heavy atom. The highest BCUT2D eigenvalue weighted by molar-refractivity contribution is 5.74. The van der Waals surface area contributed by atoms with E-state index in [1.807, 2.05) is 36.4 Å². The molecule has 5 nitrogen and oxygen atoms in total. The summed E-state index contributed by atoms with van der Waals surface area (Å²) in [6.07, 6.45) is 1.95. The molecule has 0 spiro atoms. The molecule has 0 aliphatic heterocycles. The SMILES string of the molecule is COc1cccc(CNCCCc2nc3ccccc3[nH]2)c1OC. The van der Waals surface area contributed by atoms with Crippen LogP contribution in [0.15, 0.2) is 42.5 Å². The molecule has 0 aliphatic rings. The van der Waals surface area contributed by atoms with Crippen molar-refractivity contribution in [2.75, 3.05) is 20.8 Å². The minimum atomic E-state index is 0.750. The number of rotatable bonds is 8. The fraction of sp³-hybridized carbons (Fsp3) is 0.316. The van der Waals surface area contributed by atoms with Crippen LogP contribution in [0.1, 0.15) is 17.8 Å². The van der Waals surface area contributed by atoms with Crippen LogP contribution in [0, 0.1) is 0 Å². The average Bonchev–Trinajstić information content (AvgIpc) is 3.03. The highest BCUT2D eigenvalue weighted by Gasteiger charge is 2.08. The first-order valence-corrected chi connectivity index (χ1v) is 8.16. The zero-order valence-corrected chi connectivity index (χ0v) is 14.1. The Labute approximate surface area is 142 Å². The van der Waals surface area contributed by atoms with Crippen molar-refractivity contribution in [3.63, 3.8) is 0 Å². The first kappa shape index (κ1) is 16.3. The highest BCUT2D eigenvalue weighted by Crippen LogP contribution is 2.30. The topological polar surface area (TPSA) is 59.2 Å². The van der Waals surface area contributed by atoms with Crippen molar-refractivity contribution in [1.82, 2.24) is 15.3 Å². The number of para-hydroxylation sites is 3. The van der Waals surface area contributed by atoms with Crippen molar-refractivity contribution in [1.29, 1.82) is 0 Å². The lowest BCUT2D eigenvalue weighted by Crippen LogP contribution is -2.16. The molecular weight excluding hydrogens is 302 g/mol. The molecule has 24 heavy (non-hydrogen) atoms. The van der Waals surface area contributed by atoms with Gasteiger partial charge in [-0.05, 0) is 31.2 Å². The van der Waals surface area contributed by atoms with Crippen molar-refractivity contribution in [3.05, 3.63) is 53.9 Å². The van der Waals surface area contributed by atoms with Crippen molar-refractivity contribution in [3.8, 4) is 11.5 Å². The maximum atomic E-state index is 5.45.